The van der Waals surface area contributed by atoms with E-state index >= 15 is 0 Å². The van der Waals surface area contributed by atoms with E-state index in [0.29, 0.717) is 0 Å². The molecular formula is CH4NO2P. The molecular weight excluding hydrogens is 89.0 g/mol. The quantitative estimate of drug-likeness (QED) is 0.467. The Labute approximate surface area is 30.0 Å². The van der Waals surface area contributed by atoms with Crippen LogP contribution in [0.3, 0.4) is 0 Å². The monoisotopic (exact) mass is 93.0 g/mol. The standard InChI is InChI=1S/CH4NO2P/c2-1-5(3)4/h1-2H2. The summed E-state index contributed by atoms with van der Waals surface area (Å²) in [6, 6.07) is 0. The van der Waals surface area contributed by atoms with Crippen LogP contribution in [0.1, 0.15) is 0 Å². The fourth-order valence-electron chi connectivity index (χ4n) is 0. The molecule has 0 aliphatic heterocycles. The molecule has 0 rings (SSSR count). The first-order valence-electron chi connectivity index (χ1n) is 1.09. The summed E-state index contributed by atoms with van der Waals surface area (Å²) in [5, 5.41) is 0. The topological polar surface area (TPSA) is 60.2 Å². The van der Waals surface area contributed by atoms with Crippen molar-refractivity contribution >= 4 is 7.68 Å². The highest BCUT2D eigenvalue weighted by molar-refractivity contribution is 7.30. The molecule has 0 spiro atoms. The van der Waals surface area contributed by atoms with Crippen LogP contribution in [0.2, 0.25) is 0 Å². The fraction of sp³-hybridized carbons (Fsp3) is 1.00. The Kier molecular flexibility index (Phi) is 2.06. The van der Waals surface area contributed by atoms with E-state index in [2.05, 4.69) is 5.73 Å². The molecule has 0 amide bonds. The van der Waals surface area contributed by atoms with Crippen LogP contribution in [-0.2, 0) is 9.13 Å². The summed E-state index contributed by atoms with van der Waals surface area (Å²) in [6.45, 7) is 0. The maximum atomic E-state index is 9.28. The van der Waals surface area contributed by atoms with Crippen molar-refractivity contribution in [1.82, 2.24) is 0 Å². The zero-order chi connectivity index (χ0) is 4.28. The Bertz CT molecular complexity index is 67.7. The first kappa shape index (κ1) is 4.86. The molecule has 0 aliphatic rings. The highest BCUT2D eigenvalue weighted by atomic mass is 31.1. The molecule has 0 aliphatic carbocycles. The molecule has 0 aromatic heterocycles. The van der Waals surface area contributed by atoms with Crippen LogP contribution in [0.25, 0.3) is 0 Å². The van der Waals surface area contributed by atoms with Crippen LogP contribution >= 0.6 is 7.68 Å². The summed E-state index contributed by atoms with van der Waals surface area (Å²) in [7, 11) is -2.32. The summed E-state index contributed by atoms with van der Waals surface area (Å²) < 4.78 is 18.6. The van der Waals surface area contributed by atoms with Gasteiger partial charge < -0.3 is 5.73 Å². The molecule has 3 nitrogen and oxygen atoms in total. The van der Waals surface area contributed by atoms with Gasteiger partial charge in [0, 0.05) is 0 Å². The van der Waals surface area contributed by atoms with Crippen LogP contribution in [0.15, 0.2) is 0 Å². The molecule has 0 unspecified atom stereocenters. The van der Waals surface area contributed by atoms with Crippen molar-refractivity contribution in [2.45, 2.75) is 0 Å². The van der Waals surface area contributed by atoms with Crippen molar-refractivity contribution in [2.75, 3.05) is 6.29 Å². The second-order valence-corrected chi connectivity index (χ2v) is 1.55. The van der Waals surface area contributed by atoms with Gasteiger partial charge in [-0.3, -0.25) is 0 Å². The highest BCUT2D eigenvalue weighted by Crippen LogP contribution is 1.92. The van der Waals surface area contributed by atoms with Crippen LogP contribution in [0.5, 0.6) is 0 Å². The minimum atomic E-state index is -2.32. The summed E-state index contributed by atoms with van der Waals surface area (Å²) in [4.78, 5) is 0. The lowest BCUT2D eigenvalue weighted by atomic mass is 11.6. The van der Waals surface area contributed by atoms with Gasteiger partial charge >= 0.3 is 7.68 Å². The van der Waals surface area contributed by atoms with Gasteiger partial charge in [0.05, 0.1) is 0 Å². The SMILES string of the molecule is NCP(=O)=O. The molecule has 0 aromatic carbocycles. The average Bonchev–Trinajstić information content (AvgIpc) is 1.38. The summed E-state index contributed by atoms with van der Waals surface area (Å²) in [5.74, 6) is 0. The van der Waals surface area contributed by atoms with Gasteiger partial charge in [-0.25, -0.2) is 9.13 Å². The highest BCUT2D eigenvalue weighted by Gasteiger charge is 1.73. The number of nitrogens with two attached hydrogens (primary N) is 1. The molecule has 4 heteroatoms. The van der Waals surface area contributed by atoms with Gasteiger partial charge in [-0.2, -0.15) is 0 Å². The molecule has 0 saturated heterocycles. The lowest BCUT2D eigenvalue weighted by molar-refractivity contribution is 0.515. The average molecular weight is 93.0 g/mol. The lowest BCUT2D eigenvalue weighted by Gasteiger charge is -1.57. The van der Waals surface area contributed by atoms with E-state index in [9.17, 15) is 9.13 Å². The van der Waals surface area contributed by atoms with Gasteiger partial charge in [0.25, 0.3) is 0 Å². The van der Waals surface area contributed by atoms with Gasteiger partial charge in [-0.1, -0.05) is 0 Å². The largest absolute Gasteiger partial charge is 0.329 e. The zero-order valence-electron chi connectivity index (χ0n) is 2.55. The maximum absolute atomic E-state index is 9.28. The number of hydrogen-bond acceptors (Lipinski definition) is 3. The minimum absolute atomic E-state index is 0.241. The molecule has 0 saturated carbocycles. The predicted molar refractivity (Wildman–Crippen MR) is 17.3 cm³/mol. The van der Waals surface area contributed by atoms with Crippen molar-refractivity contribution in [2.24, 2.45) is 5.73 Å². The molecule has 0 radical (unpaired) electrons. The van der Waals surface area contributed by atoms with Gasteiger partial charge in [0.2, 0.25) is 0 Å². The third kappa shape index (κ3) is 3.86. The fourth-order valence-corrected chi connectivity index (χ4v) is 0. The van der Waals surface area contributed by atoms with E-state index in [-0.39, 0.29) is 6.29 Å². The Hall–Kier alpha value is -0.140. The molecule has 0 fully saturated rings. The Balaban J connectivity index is 3.23. The molecule has 0 atom stereocenters. The Morgan fingerprint density at radius 2 is 1.80 bits per heavy atom. The summed E-state index contributed by atoms with van der Waals surface area (Å²) in [5.41, 5.74) is 4.58. The minimum Gasteiger partial charge on any atom is -0.318 e. The summed E-state index contributed by atoms with van der Waals surface area (Å²) >= 11 is 0. The zero-order valence-corrected chi connectivity index (χ0v) is 3.44. The van der Waals surface area contributed by atoms with Gasteiger partial charge in [-0.15, -0.1) is 0 Å². The second kappa shape index (κ2) is 2.12. The van der Waals surface area contributed by atoms with Crippen LogP contribution < -0.4 is 5.73 Å². The number of hydrogen-bond donors (Lipinski definition) is 1. The third-order valence-electron chi connectivity index (χ3n) is 0.149. The van der Waals surface area contributed by atoms with E-state index in [1.807, 2.05) is 0 Å². The first-order valence-corrected chi connectivity index (χ1v) is 2.45. The summed E-state index contributed by atoms with van der Waals surface area (Å²) in [6.07, 6.45) is -0.241. The molecule has 2 N–H and O–H groups in total. The Morgan fingerprint density at radius 1 is 1.60 bits per heavy atom. The predicted octanol–water partition coefficient (Wildman–Crippen LogP) is 0.0755. The lowest BCUT2D eigenvalue weighted by Crippen LogP contribution is -1.86. The molecule has 0 bridgehead atoms. The number of rotatable bonds is 1. The molecule has 30 valence electrons. The van der Waals surface area contributed by atoms with E-state index < -0.39 is 7.68 Å². The van der Waals surface area contributed by atoms with E-state index in [1.165, 1.54) is 0 Å². The van der Waals surface area contributed by atoms with Crippen molar-refractivity contribution in [3.8, 4) is 0 Å². The van der Waals surface area contributed by atoms with Crippen molar-refractivity contribution < 1.29 is 9.13 Å². The first-order chi connectivity index (χ1) is 2.27. The smallest absolute Gasteiger partial charge is 0.318 e. The third-order valence-corrected chi connectivity index (χ3v) is 0.447. The van der Waals surface area contributed by atoms with Gasteiger partial charge in [0.15, 0.2) is 0 Å². The maximum Gasteiger partial charge on any atom is 0.329 e. The second-order valence-electron chi connectivity index (χ2n) is 0.515. The van der Waals surface area contributed by atoms with Crippen LogP contribution in [0, 0.1) is 0 Å². The van der Waals surface area contributed by atoms with Crippen molar-refractivity contribution in [3.63, 3.8) is 0 Å². The van der Waals surface area contributed by atoms with Crippen LogP contribution in [0.4, 0.5) is 0 Å². The normalized spacial score (nSPS) is 7.40. The van der Waals surface area contributed by atoms with E-state index in [1.54, 1.807) is 0 Å². The molecule has 0 aromatic rings. The molecule has 0 heterocycles. The van der Waals surface area contributed by atoms with Crippen LogP contribution in [-0.4, -0.2) is 6.29 Å². The van der Waals surface area contributed by atoms with Gasteiger partial charge in [-0.05, 0) is 0 Å². The Morgan fingerprint density at radius 3 is 1.80 bits per heavy atom. The van der Waals surface area contributed by atoms with Gasteiger partial charge in [0.1, 0.15) is 6.29 Å². The van der Waals surface area contributed by atoms with E-state index in [0.717, 1.165) is 0 Å². The van der Waals surface area contributed by atoms with Crippen molar-refractivity contribution in [1.29, 1.82) is 0 Å². The van der Waals surface area contributed by atoms with E-state index in [4.69, 9.17) is 0 Å². The molecule has 5 heavy (non-hydrogen) atoms. The van der Waals surface area contributed by atoms with Crippen molar-refractivity contribution in [3.05, 3.63) is 0 Å².